The van der Waals surface area contributed by atoms with Crippen LogP contribution in [0.25, 0.3) is 10.8 Å². The second-order valence-electron chi connectivity index (χ2n) is 7.25. The van der Waals surface area contributed by atoms with Crippen molar-refractivity contribution >= 4 is 10.8 Å². The summed E-state index contributed by atoms with van der Waals surface area (Å²) in [6.07, 6.45) is -0.262. The van der Waals surface area contributed by atoms with Gasteiger partial charge in [-0.1, -0.05) is 42.5 Å². The van der Waals surface area contributed by atoms with Crippen molar-refractivity contribution in [2.45, 2.75) is 18.7 Å². The molecule has 5 nitrogen and oxygen atoms in total. The van der Waals surface area contributed by atoms with Gasteiger partial charge in [0.25, 0.3) is 0 Å². The van der Waals surface area contributed by atoms with Crippen LogP contribution in [0.2, 0.25) is 0 Å². The zero-order valence-corrected chi connectivity index (χ0v) is 16.9. The van der Waals surface area contributed by atoms with Gasteiger partial charge in [0.1, 0.15) is 17.6 Å². The normalized spacial score (nSPS) is 20.0. The molecule has 152 valence electrons. The van der Waals surface area contributed by atoms with Crippen LogP contribution in [0.15, 0.2) is 60.7 Å². The van der Waals surface area contributed by atoms with Gasteiger partial charge < -0.3 is 19.3 Å². The molecule has 0 unspecified atom stereocenters. The molecular weight excluding hydrogens is 366 g/mol. The molecule has 5 heteroatoms. The number of fused-ring (bicyclic) bond motifs is 1. The number of nitrogens with zero attached hydrogens (tertiary/aromatic N) is 1. The summed E-state index contributed by atoms with van der Waals surface area (Å²) in [7, 11) is 3.38. The third kappa shape index (κ3) is 3.94. The van der Waals surface area contributed by atoms with E-state index in [4.69, 9.17) is 14.2 Å². The molecule has 0 aromatic heterocycles. The molecule has 29 heavy (non-hydrogen) atoms. The van der Waals surface area contributed by atoms with Gasteiger partial charge in [0.15, 0.2) is 0 Å². The van der Waals surface area contributed by atoms with E-state index in [1.807, 2.05) is 30.3 Å². The lowest BCUT2D eigenvalue weighted by molar-refractivity contribution is -0.0960. The molecule has 1 heterocycles. The van der Waals surface area contributed by atoms with E-state index in [9.17, 15) is 5.11 Å². The average molecular weight is 393 g/mol. The highest BCUT2D eigenvalue weighted by Crippen LogP contribution is 2.36. The van der Waals surface area contributed by atoms with Crippen molar-refractivity contribution in [3.63, 3.8) is 0 Å². The first kappa shape index (κ1) is 19.7. The van der Waals surface area contributed by atoms with Gasteiger partial charge in [-0.15, -0.1) is 0 Å². The Morgan fingerprint density at radius 3 is 2.55 bits per heavy atom. The lowest BCUT2D eigenvalue weighted by Crippen LogP contribution is -2.46. The van der Waals surface area contributed by atoms with Gasteiger partial charge in [-0.25, -0.2) is 0 Å². The fourth-order valence-electron chi connectivity index (χ4n) is 4.22. The van der Waals surface area contributed by atoms with E-state index in [1.54, 1.807) is 14.2 Å². The number of methoxy groups -OCH3 is 2. The third-order valence-electron chi connectivity index (χ3n) is 5.66. The molecular formula is C24H27NO4. The predicted molar refractivity (Wildman–Crippen MR) is 113 cm³/mol. The number of aliphatic hydroxyl groups is 1. The molecule has 4 rings (SSSR count). The van der Waals surface area contributed by atoms with Crippen LogP contribution in [-0.2, 0) is 11.3 Å². The van der Waals surface area contributed by atoms with E-state index in [0.29, 0.717) is 13.2 Å². The fourth-order valence-corrected chi connectivity index (χ4v) is 4.22. The largest absolute Gasteiger partial charge is 0.497 e. The van der Waals surface area contributed by atoms with Gasteiger partial charge in [-0.3, -0.25) is 4.90 Å². The van der Waals surface area contributed by atoms with E-state index < -0.39 is 0 Å². The summed E-state index contributed by atoms with van der Waals surface area (Å²) in [5.41, 5.74) is 2.26. The van der Waals surface area contributed by atoms with Crippen molar-refractivity contribution < 1.29 is 19.3 Å². The molecule has 1 aliphatic rings. The molecule has 0 spiro atoms. The molecule has 1 aliphatic heterocycles. The maximum Gasteiger partial charge on any atom is 0.124 e. The molecule has 3 aromatic carbocycles. The van der Waals surface area contributed by atoms with Crippen LogP contribution in [0.1, 0.15) is 17.2 Å². The minimum absolute atomic E-state index is 0.0173. The van der Waals surface area contributed by atoms with E-state index in [2.05, 4.69) is 35.2 Å². The Balaban J connectivity index is 1.77. The van der Waals surface area contributed by atoms with Gasteiger partial charge in [0.2, 0.25) is 0 Å². The smallest absolute Gasteiger partial charge is 0.124 e. The summed E-state index contributed by atoms with van der Waals surface area (Å²) < 4.78 is 17.1. The Kier molecular flexibility index (Phi) is 6.00. The summed E-state index contributed by atoms with van der Waals surface area (Å²) >= 11 is 0. The number of aliphatic hydroxyl groups excluding tert-OH is 1. The zero-order chi connectivity index (χ0) is 20.2. The Morgan fingerprint density at radius 2 is 1.83 bits per heavy atom. The molecule has 0 bridgehead atoms. The van der Waals surface area contributed by atoms with Crippen molar-refractivity contribution in [3.8, 4) is 11.5 Å². The predicted octanol–water partition coefficient (Wildman–Crippen LogP) is 3.79. The number of ether oxygens (including phenoxy) is 3. The molecule has 1 saturated heterocycles. The van der Waals surface area contributed by atoms with Gasteiger partial charge in [-0.05, 0) is 34.5 Å². The van der Waals surface area contributed by atoms with Crippen LogP contribution in [-0.4, -0.2) is 50.1 Å². The van der Waals surface area contributed by atoms with Gasteiger partial charge >= 0.3 is 0 Å². The van der Waals surface area contributed by atoms with E-state index >= 15 is 0 Å². The maximum absolute atomic E-state index is 9.95. The lowest BCUT2D eigenvalue weighted by atomic mass is 9.96. The van der Waals surface area contributed by atoms with Crippen LogP contribution >= 0.6 is 0 Å². The highest BCUT2D eigenvalue weighted by molar-refractivity contribution is 5.89. The summed E-state index contributed by atoms with van der Waals surface area (Å²) in [6, 6.07) is 20.4. The van der Waals surface area contributed by atoms with Crippen LogP contribution in [0.3, 0.4) is 0 Å². The second kappa shape index (κ2) is 8.82. The zero-order valence-electron chi connectivity index (χ0n) is 16.9. The fraction of sp³-hybridized carbons (Fsp3) is 0.333. The number of benzene rings is 3. The lowest BCUT2D eigenvalue weighted by Gasteiger charge is -2.41. The van der Waals surface area contributed by atoms with Gasteiger partial charge in [0.05, 0.1) is 33.5 Å². The van der Waals surface area contributed by atoms with E-state index in [1.165, 1.54) is 0 Å². The van der Waals surface area contributed by atoms with Crippen LogP contribution in [0.4, 0.5) is 0 Å². The molecule has 1 N–H and O–H groups in total. The minimum atomic E-state index is -0.262. The Morgan fingerprint density at radius 1 is 1.03 bits per heavy atom. The highest BCUT2D eigenvalue weighted by Gasteiger charge is 2.33. The summed E-state index contributed by atoms with van der Waals surface area (Å²) in [6.45, 7) is 2.04. The number of hydrogen-bond donors (Lipinski definition) is 1. The Labute approximate surface area is 171 Å². The van der Waals surface area contributed by atoms with Crippen molar-refractivity contribution in [1.29, 1.82) is 0 Å². The van der Waals surface area contributed by atoms with Crippen molar-refractivity contribution in [2.75, 3.05) is 34.0 Å². The maximum atomic E-state index is 9.95. The van der Waals surface area contributed by atoms with Crippen LogP contribution < -0.4 is 9.47 Å². The third-order valence-corrected chi connectivity index (χ3v) is 5.66. The topological polar surface area (TPSA) is 51.2 Å². The average Bonchev–Trinajstić information content (AvgIpc) is 2.79. The summed E-state index contributed by atoms with van der Waals surface area (Å²) in [5.74, 6) is 1.67. The number of rotatable bonds is 6. The van der Waals surface area contributed by atoms with Crippen LogP contribution in [0, 0.1) is 0 Å². The molecule has 2 atom stereocenters. The monoisotopic (exact) mass is 393 g/mol. The standard InChI is InChI=1S/C24H27NO4/c1-27-19-10-8-17-9-11-22(28-2)21(20(17)14-19)15-25-12-13-29-23(16-26)24(25)18-6-4-3-5-7-18/h3-11,14,23-24,26H,12-13,15-16H2,1-2H3/t23-,24-/m1/s1. The van der Waals surface area contributed by atoms with Crippen molar-refractivity contribution in [2.24, 2.45) is 0 Å². The number of hydrogen-bond acceptors (Lipinski definition) is 5. The highest BCUT2D eigenvalue weighted by atomic mass is 16.5. The second-order valence-corrected chi connectivity index (χ2v) is 7.25. The van der Waals surface area contributed by atoms with Crippen molar-refractivity contribution in [1.82, 2.24) is 4.90 Å². The molecule has 0 saturated carbocycles. The Bertz CT molecular complexity index is 955. The molecule has 1 fully saturated rings. The van der Waals surface area contributed by atoms with Crippen molar-refractivity contribution in [3.05, 3.63) is 71.8 Å². The summed E-state index contributed by atoms with van der Waals surface area (Å²) in [4.78, 5) is 2.37. The van der Waals surface area contributed by atoms with Gasteiger partial charge in [0, 0.05) is 18.7 Å². The van der Waals surface area contributed by atoms with Gasteiger partial charge in [-0.2, -0.15) is 0 Å². The molecule has 3 aromatic rings. The molecule has 0 amide bonds. The molecule has 0 aliphatic carbocycles. The Hall–Kier alpha value is -2.60. The molecule has 0 radical (unpaired) electrons. The minimum Gasteiger partial charge on any atom is -0.497 e. The van der Waals surface area contributed by atoms with E-state index in [-0.39, 0.29) is 18.8 Å². The first-order chi connectivity index (χ1) is 14.2. The quantitative estimate of drug-likeness (QED) is 0.691. The van der Waals surface area contributed by atoms with E-state index in [0.717, 1.165) is 39.9 Å². The first-order valence-corrected chi connectivity index (χ1v) is 9.90. The first-order valence-electron chi connectivity index (χ1n) is 9.90. The number of morpholine rings is 1. The SMILES string of the molecule is COc1ccc2ccc(OC)c(CN3CCO[C@H](CO)[C@H]3c3ccccc3)c2c1. The summed E-state index contributed by atoms with van der Waals surface area (Å²) in [5, 5.41) is 12.2. The van der Waals surface area contributed by atoms with Crippen LogP contribution in [0.5, 0.6) is 11.5 Å².